The fourth-order valence-corrected chi connectivity index (χ4v) is 2.28. The maximum Gasteiger partial charge on any atom is 0.311 e. The first kappa shape index (κ1) is 17.5. The quantitative estimate of drug-likeness (QED) is 0.577. The van der Waals surface area contributed by atoms with E-state index in [4.69, 9.17) is 14.2 Å². The van der Waals surface area contributed by atoms with Crippen LogP contribution in [0.4, 0.5) is 0 Å². The molecule has 0 saturated carbocycles. The Bertz CT molecular complexity index is 709. The summed E-state index contributed by atoms with van der Waals surface area (Å²) in [5.74, 6) is 0.450. The number of ether oxygens (including phenoxy) is 3. The summed E-state index contributed by atoms with van der Waals surface area (Å²) in [4.78, 5) is 24.3. The topological polar surface area (TPSA) is 61.8 Å². The molecule has 0 heterocycles. The molecule has 0 amide bonds. The first-order valence-electron chi connectivity index (χ1n) is 7.54. The van der Waals surface area contributed by atoms with E-state index in [2.05, 4.69) is 0 Å². The van der Waals surface area contributed by atoms with Crippen LogP contribution < -0.4 is 9.47 Å². The number of benzene rings is 2. The van der Waals surface area contributed by atoms with Crippen molar-refractivity contribution in [1.82, 2.24) is 0 Å². The minimum absolute atomic E-state index is 0.0135. The van der Waals surface area contributed by atoms with E-state index in [1.165, 1.54) is 7.11 Å². The number of hydrogen-bond acceptors (Lipinski definition) is 5. The van der Waals surface area contributed by atoms with Gasteiger partial charge in [0.1, 0.15) is 11.5 Å². The van der Waals surface area contributed by atoms with Crippen molar-refractivity contribution < 1.29 is 23.8 Å². The van der Waals surface area contributed by atoms with Gasteiger partial charge in [-0.15, -0.1) is 0 Å². The van der Waals surface area contributed by atoms with Crippen molar-refractivity contribution in [3.8, 4) is 11.5 Å². The Hall–Kier alpha value is -2.82. The van der Waals surface area contributed by atoms with Gasteiger partial charge in [-0.1, -0.05) is 36.4 Å². The molecule has 0 N–H and O–H groups in total. The number of ketones is 1. The first-order chi connectivity index (χ1) is 11.5. The van der Waals surface area contributed by atoms with Gasteiger partial charge in [-0.25, -0.2) is 0 Å². The molecular formula is C19H20O5. The molecule has 1 unspecified atom stereocenters. The van der Waals surface area contributed by atoms with Crippen molar-refractivity contribution in [2.24, 2.45) is 0 Å². The van der Waals surface area contributed by atoms with Gasteiger partial charge < -0.3 is 14.2 Å². The lowest BCUT2D eigenvalue weighted by Gasteiger charge is -2.14. The van der Waals surface area contributed by atoms with Gasteiger partial charge >= 0.3 is 5.97 Å². The molecule has 24 heavy (non-hydrogen) atoms. The molecule has 0 aliphatic carbocycles. The Kier molecular flexibility index (Phi) is 5.95. The average Bonchev–Trinajstić information content (AvgIpc) is 2.61. The van der Waals surface area contributed by atoms with E-state index in [0.29, 0.717) is 22.6 Å². The SMILES string of the molecule is COc1ccc(CC(=O)OC(C)C(=O)c2ccccc2)c(OC)c1. The van der Waals surface area contributed by atoms with Crippen LogP contribution in [0, 0.1) is 0 Å². The summed E-state index contributed by atoms with van der Waals surface area (Å²) in [6.07, 6.45) is -0.830. The summed E-state index contributed by atoms with van der Waals surface area (Å²) in [6, 6.07) is 13.9. The van der Waals surface area contributed by atoms with Gasteiger partial charge in [0.2, 0.25) is 5.78 Å². The Morgan fingerprint density at radius 3 is 2.33 bits per heavy atom. The second kappa shape index (κ2) is 8.15. The van der Waals surface area contributed by atoms with Crippen molar-refractivity contribution >= 4 is 11.8 Å². The first-order valence-corrected chi connectivity index (χ1v) is 7.54. The molecular weight excluding hydrogens is 308 g/mol. The highest BCUT2D eigenvalue weighted by Crippen LogP contribution is 2.25. The van der Waals surface area contributed by atoms with Crippen LogP contribution in [0.15, 0.2) is 48.5 Å². The molecule has 0 saturated heterocycles. The van der Waals surface area contributed by atoms with Gasteiger partial charge in [0.05, 0.1) is 20.6 Å². The summed E-state index contributed by atoms with van der Waals surface area (Å²) in [5.41, 5.74) is 1.18. The Balaban J connectivity index is 2.01. The average molecular weight is 328 g/mol. The monoisotopic (exact) mass is 328 g/mol. The molecule has 126 valence electrons. The molecule has 0 aliphatic rings. The van der Waals surface area contributed by atoms with E-state index in [9.17, 15) is 9.59 Å². The van der Waals surface area contributed by atoms with Gasteiger partial charge in [-0.2, -0.15) is 0 Å². The normalized spacial score (nSPS) is 11.5. The van der Waals surface area contributed by atoms with Crippen molar-refractivity contribution in [3.05, 3.63) is 59.7 Å². The fourth-order valence-electron chi connectivity index (χ4n) is 2.28. The van der Waals surface area contributed by atoms with Crippen molar-refractivity contribution in [3.63, 3.8) is 0 Å². The van der Waals surface area contributed by atoms with Crippen LogP contribution >= 0.6 is 0 Å². The van der Waals surface area contributed by atoms with E-state index in [0.717, 1.165) is 0 Å². The van der Waals surface area contributed by atoms with Crippen LogP contribution in [0.5, 0.6) is 11.5 Å². The fraction of sp³-hybridized carbons (Fsp3) is 0.263. The zero-order chi connectivity index (χ0) is 17.5. The van der Waals surface area contributed by atoms with E-state index in [1.807, 2.05) is 6.07 Å². The summed E-state index contributed by atoms with van der Waals surface area (Å²) < 4.78 is 15.6. The lowest BCUT2D eigenvalue weighted by molar-refractivity contribution is -0.145. The molecule has 2 rings (SSSR count). The molecule has 5 heteroatoms. The van der Waals surface area contributed by atoms with Crippen LogP contribution in [-0.2, 0) is 16.0 Å². The molecule has 0 radical (unpaired) electrons. The molecule has 1 atom stereocenters. The number of methoxy groups -OCH3 is 2. The summed E-state index contributed by atoms with van der Waals surface area (Å²) >= 11 is 0. The molecule has 0 bridgehead atoms. The van der Waals surface area contributed by atoms with Crippen molar-refractivity contribution in [2.45, 2.75) is 19.4 Å². The van der Waals surface area contributed by atoms with Crippen LogP contribution in [0.1, 0.15) is 22.8 Å². The van der Waals surface area contributed by atoms with E-state index in [1.54, 1.807) is 56.5 Å². The zero-order valence-electron chi connectivity index (χ0n) is 13.9. The minimum atomic E-state index is -0.843. The summed E-state index contributed by atoms with van der Waals surface area (Å²) in [5, 5.41) is 0. The number of carbonyl (C=O) groups excluding carboxylic acids is 2. The molecule has 2 aromatic rings. The van der Waals surface area contributed by atoms with E-state index >= 15 is 0 Å². The summed E-state index contributed by atoms with van der Waals surface area (Å²) in [6.45, 7) is 1.57. The second-order valence-electron chi connectivity index (χ2n) is 5.22. The van der Waals surface area contributed by atoms with Crippen LogP contribution in [-0.4, -0.2) is 32.1 Å². The van der Waals surface area contributed by atoms with Gasteiger partial charge in [0.15, 0.2) is 6.10 Å². The molecule has 0 aliphatic heterocycles. The summed E-state index contributed by atoms with van der Waals surface area (Å²) in [7, 11) is 3.07. The molecule has 0 spiro atoms. The van der Waals surface area contributed by atoms with Crippen LogP contribution in [0.3, 0.4) is 0 Å². The van der Waals surface area contributed by atoms with Gasteiger partial charge in [-0.3, -0.25) is 9.59 Å². The molecule has 5 nitrogen and oxygen atoms in total. The number of Topliss-reactive ketones (excluding diaryl/α,β-unsaturated/α-hetero) is 1. The number of esters is 1. The standard InChI is InChI=1S/C19H20O5/c1-13(19(21)14-7-5-4-6-8-14)24-18(20)11-15-9-10-16(22-2)12-17(15)23-3/h4-10,12-13H,11H2,1-3H3. The van der Waals surface area contributed by atoms with Gasteiger partial charge in [-0.05, 0) is 13.0 Å². The zero-order valence-corrected chi connectivity index (χ0v) is 13.9. The Labute approximate surface area is 141 Å². The number of carbonyl (C=O) groups is 2. The predicted molar refractivity (Wildman–Crippen MR) is 89.6 cm³/mol. The third-order valence-corrected chi connectivity index (χ3v) is 3.56. The largest absolute Gasteiger partial charge is 0.497 e. The highest BCUT2D eigenvalue weighted by Gasteiger charge is 2.20. The third-order valence-electron chi connectivity index (χ3n) is 3.56. The van der Waals surface area contributed by atoms with E-state index < -0.39 is 12.1 Å². The maximum absolute atomic E-state index is 12.2. The molecule has 0 fully saturated rings. The van der Waals surface area contributed by atoms with Gasteiger partial charge in [0.25, 0.3) is 0 Å². The molecule has 2 aromatic carbocycles. The number of rotatable bonds is 7. The smallest absolute Gasteiger partial charge is 0.311 e. The third kappa shape index (κ3) is 4.35. The lowest BCUT2D eigenvalue weighted by atomic mass is 10.1. The number of hydrogen-bond donors (Lipinski definition) is 0. The predicted octanol–water partition coefficient (Wildman–Crippen LogP) is 3.06. The van der Waals surface area contributed by atoms with Crippen LogP contribution in [0.2, 0.25) is 0 Å². The Morgan fingerprint density at radius 2 is 1.71 bits per heavy atom. The lowest BCUT2D eigenvalue weighted by Crippen LogP contribution is -2.25. The maximum atomic E-state index is 12.2. The minimum Gasteiger partial charge on any atom is -0.497 e. The second-order valence-corrected chi connectivity index (χ2v) is 5.22. The molecule has 0 aromatic heterocycles. The highest BCUT2D eigenvalue weighted by molar-refractivity contribution is 6.00. The Morgan fingerprint density at radius 1 is 1.00 bits per heavy atom. The van der Waals surface area contributed by atoms with Crippen molar-refractivity contribution in [1.29, 1.82) is 0 Å². The van der Waals surface area contributed by atoms with Gasteiger partial charge in [0, 0.05) is 17.2 Å². The van der Waals surface area contributed by atoms with Crippen LogP contribution in [0.25, 0.3) is 0 Å². The highest BCUT2D eigenvalue weighted by atomic mass is 16.5. The van der Waals surface area contributed by atoms with E-state index in [-0.39, 0.29) is 12.2 Å². The van der Waals surface area contributed by atoms with Crippen molar-refractivity contribution in [2.75, 3.05) is 14.2 Å².